The van der Waals surface area contributed by atoms with E-state index in [9.17, 15) is 4.79 Å². The number of rotatable bonds is 6. The second kappa shape index (κ2) is 7.02. The lowest BCUT2D eigenvalue weighted by molar-refractivity contribution is 0.354. The minimum absolute atomic E-state index is 0.102. The van der Waals surface area contributed by atoms with Crippen molar-refractivity contribution in [3.05, 3.63) is 51.4 Å². The number of ether oxygens (including phenoxy) is 2. The maximum atomic E-state index is 12.0. The molecule has 0 fully saturated rings. The highest BCUT2D eigenvalue weighted by Crippen LogP contribution is 2.27. The van der Waals surface area contributed by atoms with Crippen molar-refractivity contribution in [2.45, 2.75) is 26.8 Å². The topological polar surface area (TPSA) is 63.4 Å². The Hall–Kier alpha value is -2.43. The number of pyridine rings is 1. The zero-order chi connectivity index (χ0) is 16.1. The molecule has 0 atom stereocenters. The molecule has 0 amide bonds. The molecule has 2 aromatic rings. The van der Waals surface area contributed by atoms with Crippen LogP contribution in [0.5, 0.6) is 11.5 Å². The fourth-order valence-corrected chi connectivity index (χ4v) is 2.35. The molecule has 0 aliphatic heterocycles. The van der Waals surface area contributed by atoms with Crippen molar-refractivity contribution in [3.8, 4) is 11.5 Å². The van der Waals surface area contributed by atoms with Crippen LogP contribution in [0, 0.1) is 6.92 Å². The Kier molecular flexibility index (Phi) is 5.09. The number of aryl methyl sites for hydroxylation is 2. The number of hydrogen-bond acceptors (Lipinski definition) is 4. The third-order valence-electron chi connectivity index (χ3n) is 3.66. The van der Waals surface area contributed by atoms with Crippen molar-refractivity contribution in [2.24, 2.45) is 0 Å². The summed E-state index contributed by atoms with van der Waals surface area (Å²) in [6, 6.07) is 7.61. The van der Waals surface area contributed by atoms with Crippen LogP contribution >= 0.6 is 0 Å². The molecule has 118 valence electrons. The van der Waals surface area contributed by atoms with Gasteiger partial charge in [-0.3, -0.25) is 4.79 Å². The van der Waals surface area contributed by atoms with Gasteiger partial charge in [0.2, 0.25) is 0 Å². The lowest BCUT2D eigenvalue weighted by atomic mass is 10.1. The summed E-state index contributed by atoms with van der Waals surface area (Å²) >= 11 is 0. The summed E-state index contributed by atoms with van der Waals surface area (Å²) in [7, 11) is 3.21. The van der Waals surface area contributed by atoms with Gasteiger partial charge < -0.3 is 19.8 Å². The number of hydrogen-bond donors (Lipinski definition) is 2. The summed E-state index contributed by atoms with van der Waals surface area (Å²) in [5.74, 6) is 1.36. The normalized spacial score (nSPS) is 10.4. The minimum atomic E-state index is -0.102. The molecule has 1 heterocycles. The van der Waals surface area contributed by atoms with Gasteiger partial charge in [-0.25, -0.2) is 0 Å². The Morgan fingerprint density at radius 2 is 1.86 bits per heavy atom. The Balaban J connectivity index is 2.18. The molecule has 0 aliphatic carbocycles. The molecule has 5 nitrogen and oxygen atoms in total. The Labute approximate surface area is 130 Å². The molecule has 1 aromatic heterocycles. The van der Waals surface area contributed by atoms with Gasteiger partial charge in [-0.15, -0.1) is 0 Å². The Morgan fingerprint density at radius 1 is 1.14 bits per heavy atom. The van der Waals surface area contributed by atoms with Gasteiger partial charge in [-0.05, 0) is 42.7 Å². The second-order valence-electron chi connectivity index (χ2n) is 5.06. The van der Waals surface area contributed by atoms with Gasteiger partial charge >= 0.3 is 0 Å². The number of methoxy groups -OCH3 is 2. The Morgan fingerprint density at radius 3 is 2.50 bits per heavy atom. The maximum absolute atomic E-state index is 12.0. The first-order valence-electron chi connectivity index (χ1n) is 7.26. The highest BCUT2D eigenvalue weighted by Gasteiger charge is 2.07. The predicted molar refractivity (Wildman–Crippen MR) is 88.1 cm³/mol. The standard InChI is InChI=1S/C17H22N2O3/c1-5-13-9-14(17(20)19-11(13)2)18-10-12-6-7-15(21-3)16(8-12)22-4/h6-9,18H,5,10H2,1-4H3,(H,19,20). The molecule has 1 aromatic carbocycles. The molecule has 0 unspecified atom stereocenters. The van der Waals surface area contributed by atoms with Crippen LogP contribution in [0.25, 0.3) is 0 Å². The van der Waals surface area contributed by atoms with Crippen LogP contribution in [0.15, 0.2) is 29.1 Å². The summed E-state index contributed by atoms with van der Waals surface area (Å²) in [4.78, 5) is 14.9. The van der Waals surface area contributed by atoms with E-state index in [4.69, 9.17) is 9.47 Å². The molecule has 22 heavy (non-hydrogen) atoms. The fourth-order valence-electron chi connectivity index (χ4n) is 2.35. The van der Waals surface area contributed by atoms with E-state index in [1.165, 1.54) is 0 Å². The minimum Gasteiger partial charge on any atom is -0.493 e. The third kappa shape index (κ3) is 3.42. The first kappa shape index (κ1) is 15.9. The van der Waals surface area contributed by atoms with Crippen LogP contribution in [0.4, 0.5) is 5.69 Å². The molecule has 0 radical (unpaired) electrons. The summed E-state index contributed by atoms with van der Waals surface area (Å²) < 4.78 is 10.5. The number of H-pyrrole nitrogens is 1. The van der Waals surface area contributed by atoms with Crippen molar-refractivity contribution in [2.75, 3.05) is 19.5 Å². The van der Waals surface area contributed by atoms with Crippen molar-refractivity contribution in [1.82, 2.24) is 4.98 Å². The van der Waals surface area contributed by atoms with Gasteiger partial charge in [-0.1, -0.05) is 13.0 Å². The van der Waals surface area contributed by atoms with Crippen LogP contribution < -0.4 is 20.3 Å². The van der Waals surface area contributed by atoms with Crippen LogP contribution in [0.2, 0.25) is 0 Å². The molecule has 0 bridgehead atoms. The van der Waals surface area contributed by atoms with E-state index in [0.717, 1.165) is 23.2 Å². The molecule has 2 rings (SSSR count). The molecule has 2 N–H and O–H groups in total. The molecule has 0 saturated carbocycles. The maximum Gasteiger partial charge on any atom is 0.271 e. The zero-order valence-corrected chi connectivity index (χ0v) is 13.4. The van der Waals surface area contributed by atoms with E-state index < -0.39 is 0 Å². The second-order valence-corrected chi connectivity index (χ2v) is 5.06. The molecular formula is C17H22N2O3. The zero-order valence-electron chi connectivity index (χ0n) is 13.4. The summed E-state index contributed by atoms with van der Waals surface area (Å²) in [5, 5.41) is 3.18. The molecule has 0 aliphatic rings. The first-order chi connectivity index (χ1) is 10.6. The van der Waals surface area contributed by atoms with Crippen molar-refractivity contribution in [1.29, 1.82) is 0 Å². The number of aromatic amines is 1. The van der Waals surface area contributed by atoms with Crippen LogP contribution in [-0.4, -0.2) is 19.2 Å². The van der Waals surface area contributed by atoms with Crippen LogP contribution in [0.1, 0.15) is 23.7 Å². The van der Waals surface area contributed by atoms with E-state index in [1.807, 2.05) is 31.2 Å². The van der Waals surface area contributed by atoms with Gasteiger partial charge in [0.15, 0.2) is 11.5 Å². The predicted octanol–water partition coefficient (Wildman–Crippen LogP) is 2.88. The number of aromatic nitrogens is 1. The van der Waals surface area contributed by atoms with Crippen molar-refractivity contribution < 1.29 is 9.47 Å². The van der Waals surface area contributed by atoms with Gasteiger partial charge in [-0.2, -0.15) is 0 Å². The van der Waals surface area contributed by atoms with E-state index in [2.05, 4.69) is 17.2 Å². The number of nitrogens with one attached hydrogen (secondary N) is 2. The molecular weight excluding hydrogens is 280 g/mol. The quantitative estimate of drug-likeness (QED) is 0.861. The number of benzene rings is 1. The molecule has 0 spiro atoms. The fraction of sp³-hybridized carbons (Fsp3) is 0.353. The smallest absolute Gasteiger partial charge is 0.271 e. The van der Waals surface area contributed by atoms with Crippen LogP contribution in [0.3, 0.4) is 0 Å². The van der Waals surface area contributed by atoms with E-state index in [-0.39, 0.29) is 5.56 Å². The van der Waals surface area contributed by atoms with Gasteiger partial charge in [0.05, 0.1) is 14.2 Å². The lowest BCUT2D eigenvalue weighted by Crippen LogP contribution is -2.16. The summed E-state index contributed by atoms with van der Waals surface area (Å²) in [5.41, 5.74) is 3.54. The van der Waals surface area contributed by atoms with Gasteiger partial charge in [0.1, 0.15) is 5.69 Å². The third-order valence-corrected chi connectivity index (χ3v) is 3.66. The van der Waals surface area contributed by atoms with E-state index >= 15 is 0 Å². The monoisotopic (exact) mass is 302 g/mol. The summed E-state index contributed by atoms with van der Waals surface area (Å²) in [6.07, 6.45) is 0.883. The van der Waals surface area contributed by atoms with Gasteiger partial charge in [0, 0.05) is 12.2 Å². The largest absolute Gasteiger partial charge is 0.493 e. The summed E-state index contributed by atoms with van der Waals surface area (Å²) in [6.45, 7) is 4.52. The van der Waals surface area contributed by atoms with Crippen molar-refractivity contribution >= 4 is 5.69 Å². The SMILES string of the molecule is CCc1cc(NCc2ccc(OC)c(OC)c2)c(=O)[nH]c1C. The number of anilines is 1. The average Bonchev–Trinajstić information content (AvgIpc) is 2.53. The highest BCUT2D eigenvalue weighted by molar-refractivity contribution is 5.47. The van der Waals surface area contributed by atoms with Crippen molar-refractivity contribution in [3.63, 3.8) is 0 Å². The van der Waals surface area contributed by atoms with Crippen LogP contribution in [-0.2, 0) is 13.0 Å². The van der Waals surface area contributed by atoms with E-state index in [0.29, 0.717) is 23.7 Å². The lowest BCUT2D eigenvalue weighted by Gasteiger charge is -2.12. The highest BCUT2D eigenvalue weighted by atomic mass is 16.5. The van der Waals surface area contributed by atoms with E-state index in [1.54, 1.807) is 14.2 Å². The average molecular weight is 302 g/mol. The molecule has 0 saturated heterocycles. The Bertz CT molecular complexity index is 708. The van der Waals surface area contributed by atoms with Gasteiger partial charge in [0.25, 0.3) is 5.56 Å². The first-order valence-corrected chi connectivity index (χ1v) is 7.26. The molecule has 5 heteroatoms.